The molecule has 0 atom stereocenters. The van der Waals surface area contributed by atoms with Gasteiger partial charge in [0, 0.05) is 7.11 Å². The van der Waals surface area contributed by atoms with Crippen LogP contribution in [-0.4, -0.2) is 17.1 Å². The lowest BCUT2D eigenvalue weighted by Crippen LogP contribution is -1.85. The van der Waals surface area contributed by atoms with Gasteiger partial charge in [-0.15, -0.1) is 0 Å². The van der Waals surface area contributed by atoms with Gasteiger partial charge in [-0.1, -0.05) is 0 Å². The molecule has 0 aliphatic heterocycles. The molecule has 0 aromatic carbocycles. The number of nitrogens with one attached hydrogen (secondary N) is 1. The van der Waals surface area contributed by atoms with E-state index >= 15 is 0 Å². The van der Waals surface area contributed by atoms with Crippen molar-refractivity contribution in [3.8, 4) is 0 Å². The summed E-state index contributed by atoms with van der Waals surface area (Å²) in [6.07, 6.45) is 1.73. The molecule has 0 aliphatic carbocycles. The molecular weight excluding hydrogens is 184 g/mol. The molecule has 0 saturated heterocycles. The number of methoxy groups -OCH3 is 1. The Morgan fingerprint density at radius 3 is 3.11 bits per heavy atom. The topological polar surface area (TPSA) is 37.9 Å². The maximum Gasteiger partial charge on any atom is 0.174 e. The number of halogens is 1. The van der Waals surface area contributed by atoms with E-state index in [1.165, 1.54) is 0 Å². The van der Waals surface area contributed by atoms with Gasteiger partial charge in [-0.05, 0) is 15.9 Å². The van der Waals surface area contributed by atoms with Crippen molar-refractivity contribution >= 4 is 15.9 Å². The molecule has 4 heteroatoms. The molecule has 1 rings (SSSR count). The number of imidazole rings is 1. The summed E-state index contributed by atoms with van der Waals surface area (Å²) >= 11 is 3.18. The number of rotatable bonds is 2. The highest BCUT2D eigenvalue weighted by molar-refractivity contribution is 9.10. The average molecular weight is 191 g/mol. The number of aromatic amines is 1. The second-order valence-electron chi connectivity index (χ2n) is 1.63. The fourth-order valence-corrected chi connectivity index (χ4v) is 0.918. The summed E-state index contributed by atoms with van der Waals surface area (Å²) < 4.78 is 5.59. The monoisotopic (exact) mass is 190 g/mol. The van der Waals surface area contributed by atoms with E-state index in [4.69, 9.17) is 4.74 Å². The first-order chi connectivity index (χ1) is 4.33. The molecule has 0 spiro atoms. The van der Waals surface area contributed by atoms with E-state index in [-0.39, 0.29) is 0 Å². The zero-order valence-electron chi connectivity index (χ0n) is 5.02. The Bertz CT molecular complexity index is 187. The molecule has 0 saturated carbocycles. The minimum absolute atomic E-state index is 0.582. The summed E-state index contributed by atoms with van der Waals surface area (Å²) in [5, 5.41) is 0. The third kappa shape index (κ3) is 1.80. The van der Waals surface area contributed by atoms with Crippen molar-refractivity contribution in [2.24, 2.45) is 0 Å². The van der Waals surface area contributed by atoms with Crippen LogP contribution in [0.5, 0.6) is 0 Å². The molecule has 3 nitrogen and oxygen atoms in total. The third-order valence-electron chi connectivity index (χ3n) is 0.897. The Labute approximate surface area is 61.6 Å². The highest BCUT2D eigenvalue weighted by atomic mass is 79.9. The normalized spacial score (nSPS) is 10.0. The predicted octanol–water partition coefficient (Wildman–Crippen LogP) is 1.32. The van der Waals surface area contributed by atoms with Crippen LogP contribution in [0.25, 0.3) is 0 Å². The summed E-state index contributed by atoms with van der Waals surface area (Å²) in [6, 6.07) is 0. The largest absolute Gasteiger partial charge is 0.378 e. The Kier molecular flexibility index (Phi) is 2.24. The van der Waals surface area contributed by atoms with E-state index in [0.29, 0.717) is 6.61 Å². The average Bonchev–Trinajstić information content (AvgIpc) is 2.17. The predicted molar refractivity (Wildman–Crippen MR) is 37.0 cm³/mol. The highest BCUT2D eigenvalue weighted by Crippen LogP contribution is 2.03. The van der Waals surface area contributed by atoms with Crippen molar-refractivity contribution in [3.63, 3.8) is 0 Å². The molecule has 1 aromatic rings. The Morgan fingerprint density at radius 1 is 1.89 bits per heavy atom. The molecular formula is C5H7BrN2O. The van der Waals surface area contributed by atoms with Crippen LogP contribution in [0.1, 0.15) is 5.69 Å². The zero-order valence-corrected chi connectivity index (χ0v) is 6.60. The van der Waals surface area contributed by atoms with Crippen molar-refractivity contribution < 1.29 is 4.74 Å². The van der Waals surface area contributed by atoms with Gasteiger partial charge in [-0.3, -0.25) is 0 Å². The van der Waals surface area contributed by atoms with Gasteiger partial charge in [0.2, 0.25) is 0 Å². The number of nitrogens with zero attached hydrogens (tertiary/aromatic N) is 1. The number of hydrogen-bond donors (Lipinski definition) is 1. The summed E-state index contributed by atoms with van der Waals surface area (Å²) in [7, 11) is 1.65. The molecule has 0 unspecified atom stereocenters. The Hall–Kier alpha value is -0.350. The SMILES string of the molecule is COCc1cnc(Br)[nH]1. The van der Waals surface area contributed by atoms with Crippen LogP contribution in [0.3, 0.4) is 0 Å². The molecule has 0 amide bonds. The van der Waals surface area contributed by atoms with Crippen molar-refractivity contribution in [2.45, 2.75) is 6.61 Å². The van der Waals surface area contributed by atoms with E-state index in [1.54, 1.807) is 13.3 Å². The van der Waals surface area contributed by atoms with E-state index in [9.17, 15) is 0 Å². The van der Waals surface area contributed by atoms with E-state index in [2.05, 4.69) is 25.9 Å². The van der Waals surface area contributed by atoms with Crippen LogP contribution in [0.15, 0.2) is 10.9 Å². The maximum atomic E-state index is 4.85. The van der Waals surface area contributed by atoms with Gasteiger partial charge in [-0.2, -0.15) is 0 Å². The molecule has 1 N–H and O–H groups in total. The molecule has 50 valence electrons. The summed E-state index contributed by atoms with van der Waals surface area (Å²) in [5.41, 5.74) is 0.976. The summed E-state index contributed by atoms with van der Waals surface area (Å²) in [4.78, 5) is 6.87. The van der Waals surface area contributed by atoms with Gasteiger partial charge in [0.25, 0.3) is 0 Å². The quantitative estimate of drug-likeness (QED) is 0.765. The Balaban J connectivity index is 2.61. The van der Waals surface area contributed by atoms with Crippen LogP contribution in [0, 0.1) is 0 Å². The van der Waals surface area contributed by atoms with Crippen molar-refractivity contribution in [2.75, 3.05) is 7.11 Å². The van der Waals surface area contributed by atoms with E-state index in [0.717, 1.165) is 10.4 Å². The van der Waals surface area contributed by atoms with Crippen LogP contribution >= 0.6 is 15.9 Å². The first-order valence-electron chi connectivity index (χ1n) is 2.51. The van der Waals surface area contributed by atoms with Gasteiger partial charge in [0.1, 0.15) is 0 Å². The third-order valence-corrected chi connectivity index (χ3v) is 1.30. The lowest BCUT2D eigenvalue weighted by Gasteiger charge is -1.89. The van der Waals surface area contributed by atoms with Crippen molar-refractivity contribution in [1.29, 1.82) is 0 Å². The summed E-state index contributed by atoms with van der Waals surface area (Å²) in [5.74, 6) is 0. The second-order valence-corrected chi connectivity index (χ2v) is 2.38. The smallest absolute Gasteiger partial charge is 0.174 e. The molecule has 9 heavy (non-hydrogen) atoms. The molecule has 1 heterocycles. The Morgan fingerprint density at radius 2 is 2.67 bits per heavy atom. The maximum absolute atomic E-state index is 4.85. The van der Waals surface area contributed by atoms with Crippen LogP contribution in [0.2, 0.25) is 0 Å². The van der Waals surface area contributed by atoms with Crippen LogP contribution in [0.4, 0.5) is 0 Å². The number of aromatic nitrogens is 2. The zero-order chi connectivity index (χ0) is 6.69. The molecule has 0 aliphatic rings. The molecule has 0 bridgehead atoms. The van der Waals surface area contributed by atoms with Crippen molar-refractivity contribution in [3.05, 3.63) is 16.6 Å². The lowest BCUT2D eigenvalue weighted by molar-refractivity contribution is 0.182. The summed E-state index contributed by atoms with van der Waals surface area (Å²) in [6.45, 7) is 0.582. The standard InChI is InChI=1S/C5H7BrN2O/c1-9-3-4-2-7-5(6)8-4/h2H,3H2,1H3,(H,7,8). The molecule has 1 aromatic heterocycles. The van der Waals surface area contributed by atoms with Gasteiger partial charge in [0.05, 0.1) is 18.5 Å². The number of hydrogen-bond acceptors (Lipinski definition) is 2. The van der Waals surface area contributed by atoms with E-state index in [1.807, 2.05) is 0 Å². The van der Waals surface area contributed by atoms with Gasteiger partial charge in [0.15, 0.2) is 4.73 Å². The second kappa shape index (κ2) is 2.98. The highest BCUT2D eigenvalue weighted by Gasteiger charge is 1.93. The first kappa shape index (κ1) is 6.77. The molecule has 0 fully saturated rings. The van der Waals surface area contributed by atoms with Crippen molar-refractivity contribution in [1.82, 2.24) is 9.97 Å². The van der Waals surface area contributed by atoms with E-state index < -0.39 is 0 Å². The van der Waals surface area contributed by atoms with Crippen LogP contribution < -0.4 is 0 Å². The fraction of sp³-hybridized carbons (Fsp3) is 0.400. The van der Waals surface area contributed by atoms with Gasteiger partial charge < -0.3 is 9.72 Å². The van der Waals surface area contributed by atoms with Crippen LogP contribution in [-0.2, 0) is 11.3 Å². The minimum atomic E-state index is 0.582. The number of ether oxygens (including phenoxy) is 1. The minimum Gasteiger partial charge on any atom is -0.378 e. The number of H-pyrrole nitrogens is 1. The lowest BCUT2D eigenvalue weighted by atomic mass is 10.5. The molecule has 0 radical (unpaired) electrons. The fourth-order valence-electron chi connectivity index (χ4n) is 0.560. The van der Waals surface area contributed by atoms with Gasteiger partial charge >= 0.3 is 0 Å². The first-order valence-corrected chi connectivity index (χ1v) is 3.30. The van der Waals surface area contributed by atoms with Gasteiger partial charge in [-0.25, -0.2) is 4.98 Å².